The number of fused-ring (bicyclic) bond motifs is 1. The average Bonchev–Trinajstić information content (AvgIpc) is 3.05. The molecule has 1 aromatic carbocycles. The molecule has 1 aliphatic rings. The second-order valence-electron chi connectivity index (χ2n) is 5.33. The van der Waals surface area contributed by atoms with Gasteiger partial charge in [-0.3, -0.25) is 4.79 Å². The fourth-order valence-electron chi connectivity index (χ4n) is 2.50. The quantitative estimate of drug-likeness (QED) is 0.902. The Kier molecular flexibility index (Phi) is 2.97. The van der Waals surface area contributed by atoms with Crippen molar-refractivity contribution < 1.29 is 4.79 Å². The highest BCUT2D eigenvalue weighted by Gasteiger charge is 2.37. The second kappa shape index (κ2) is 4.53. The van der Waals surface area contributed by atoms with Crippen LogP contribution in [0.25, 0.3) is 10.1 Å². The maximum atomic E-state index is 12.3. The Morgan fingerprint density at radius 1 is 1.53 bits per heavy atom. The molecule has 19 heavy (non-hydrogen) atoms. The molecule has 0 bridgehead atoms. The molecule has 3 N–H and O–H groups in total. The summed E-state index contributed by atoms with van der Waals surface area (Å²) in [7, 11) is 0. The zero-order valence-electron chi connectivity index (χ0n) is 11.2. The molecule has 3 nitrogen and oxygen atoms in total. The van der Waals surface area contributed by atoms with Gasteiger partial charge in [-0.2, -0.15) is 0 Å². The van der Waals surface area contributed by atoms with Gasteiger partial charge in [0.2, 0.25) is 0 Å². The summed E-state index contributed by atoms with van der Waals surface area (Å²) in [5, 5.41) is 4.07. The molecule has 2 unspecified atom stereocenters. The lowest BCUT2D eigenvalue weighted by Gasteiger charge is -2.02. The first-order valence-corrected chi connectivity index (χ1v) is 7.51. The summed E-state index contributed by atoms with van der Waals surface area (Å²) in [5.41, 5.74) is 7.91. The maximum Gasteiger partial charge on any atom is 0.263 e. The lowest BCUT2D eigenvalue weighted by Crippen LogP contribution is -2.26. The Morgan fingerprint density at radius 2 is 2.32 bits per heavy atom. The highest BCUT2D eigenvalue weighted by atomic mass is 32.1. The molecule has 2 aromatic rings. The number of carbonyl (C=O) groups excluding carboxylic acids is 1. The minimum Gasteiger partial charge on any atom is -0.397 e. The predicted molar refractivity (Wildman–Crippen MR) is 80.6 cm³/mol. The van der Waals surface area contributed by atoms with E-state index in [0.717, 1.165) is 22.9 Å². The summed E-state index contributed by atoms with van der Waals surface area (Å²) >= 11 is 1.49. The molecule has 1 saturated carbocycles. The second-order valence-corrected chi connectivity index (χ2v) is 6.38. The summed E-state index contributed by atoms with van der Waals surface area (Å²) in [6, 6.07) is 6.46. The molecular weight excluding hydrogens is 256 g/mol. The fraction of sp³-hybridized carbons (Fsp3) is 0.400. The van der Waals surface area contributed by atoms with E-state index >= 15 is 0 Å². The van der Waals surface area contributed by atoms with Crippen molar-refractivity contribution in [3.63, 3.8) is 0 Å². The number of benzene rings is 1. The zero-order chi connectivity index (χ0) is 13.6. The van der Waals surface area contributed by atoms with Crippen LogP contribution in [0.15, 0.2) is 18.2 Å². The number of nitrogens with one attached hydrogen (secondary N) is 1. The molecule has 1 aliphatic carbocycles. The summed E-state index contributed by atoms with van der Waals surface area (Å²) in [6.07, 6.45) is 2.23. The van der Waals surface area contributed by atoms with Crippen LogP contribution in [0, 0.1) is 12.8 Å². The molecule has 100 valence electrons. The van der Waals surface area contributed by atoms with E-state index in [1.165, 1.54) is 16.9 Å². The topological polar surface area (TPSA) is 55.1 Å². The van der Waals surface area contributed by atoms with Gasteiger partial charge >= 0.3 is 0 Å². The van der Waals surface area contributed by atoms with Gasteiger partial charge in [0.15, 0.2) is 0 Å². The molecule has 1 aromatic heterocycles. The minimum atomic E-state index is -0.0164. The third-order valence-corrected chi connectivity index (χ3v) is 5.02. The highest BCUT2D eigenvalue weighted by Crippen LogP contribution is 2.36. The monoisotopic (exact) mass is 274 g/mol. The van der Waals surface area contributed by atoms with Gasteiger partial charge in [0.1, 0.15) is 4.88 Å². The first kappa shape index (κ1) is 12.5. The van der Waals surface area contributed by atoms with Crippen LogP contribution in [-0.4, -0.2) is 11.9 Å². The van der Waals surface area contributed by atoms with Crippen molar-refractivity contribution in [2.45, 2.75) is 32.7 Å². The van der Waals surface area contributed by atoms with Gasteiger partial charge in [-0.1, -0.05) is 25.5 Å². The highest BCUT2D eigenvalue weighted by molar-refractivity contribution is 7.21. The van der Waals surface area contributed by atoms with Crippen molar-refractivity contribution >= 4 is 33.0 Å². The minimum absolute atomic E-state index is 0.0164. The van der Waals surface area contributed by atoms with Crippen LogP contribution >= 0.6 is 11.3 Å². The zero-order valence-corrected chi connectivity index (χ0v) is 12.0. The van der Waals surface area contributed by atoms with Crippen LogP contribution in [0.1, 0.15) is 35.0 Å². The number of nitrogens with two attached hydrogens (primary N) is 1. The Balaban J connectivity index is 1.88. The number of carbonyl (C=O) groups is 1. The molecule has 4 heteroatoms. The summed E-state index contributed by atoms with van der Waals surface area (Å²) in [4.78, 5) is 12.9. The van der Waals surface area contributed by atoms with E-state index < -0.39 is 0 Å². The normalized spacial score (nSPS) is 21.6. The molecule has 0 aliphatic heterocycles. The van der Waals surface area contributed by atoms with Crippen molar-refractivity contribution in [2.24, 2.45) is 5.92 Å². The number of anilines is 1. The average molecular weight is 274 g/mol. The van der Waals surface area contributed by atoms with Crippen LogP contribution in [-0.2, 0) is 0 Å². The molecule has 1 heterocycles. The van der Waals surface area contributed by atoms with Gasteiger partial charge in [0.25, 0.3) is 5.91 Å². The Hall–Kier alpha value is -1.55. The number of thiophene rings is 1. The van der Waals surface area contributed by atoms with Gasteiger partial charge in [0, 0.05) is 16.1 Å². The molecule has 1 fully saturated rings. The van der Waals surface area contributed by atoms with Crippen molar-refractivity contribution in [1.82, 2.24) is 5.32 Å². The fourth-order valence-corrected chi connectivity index (χ4v) is 3.63. The number of nitrogen functional groups attached to an aromatic ring is 1. The predicted octanol–water partition coefficient (Wildman–Crippen LogP) is 3.32. The molecular formula is C15H18N2OS. The Labute approximate surface area is 116 Å². The number of hydrogen-bond acceptors (Lipinski definition) is 3. The largest absolute Gasteiger partial charge is 0.397 e. The van der Waals surface area contributed by atoms with E-state index in [2.05, 4.69) is 18.3 Å². The van der Waals surface area contributed by atoms with Crippen LogP contribution in [0.5, 0.6) is 0 Å². The molecule has 0 spiro atoms. The van der Waals surface area contributed by atoms with E-state index in [0.29, 0.717) is 22.5 Å². The molecule has 0 radical (unpaired) electrons. The maximum absolute atomic E-state index is 12.3. The van der Waals surface area contributed by atoms with Gasteiger partial charge < -0.3 is 11.1 Å². The van der Waals surface area contributed by atoms with E-state index in [1.54, 1.807) is 0 Å². The van der Waals surface area contributed by atoms with Gasteiger partial charge in [-0.05, 0) is 30.9 Å². The van der Waals surface area contributed by atoms with Crippen LogP contribution < -0.4 is 11.1 Å². The summed E-state index contributed by atoms with van der Waals surface area (Å²) in [5.74, 6) is 0.638. The summed E-state index contributed by atoms with van der Waals surface area (Å²) < 4.78 is 1.09. The Morgan fingerprint density at radius 3 is 3.00 bits per heavy atom. The summed E-state index contributed by atoms with van der Waals surface area (Å²) in [6.45, 7) is 4.21. The van der Waals surface area contributed by atoms with Crippen LogP contribution in [0.3, 0.4) is 0 Å². The number of amides is 1. The van der Waals surface area contributed by atoms with Gasteiger partial charge in [-0.15, -0.1) is 11.3 Å². The van der Waals surface area contributed by atoms with Gasteiger partial charge in [0.05, 0.1) is 5.69 Å². The molecule has 3 rings (SSSR count). The lowest BCUT2D eigenvalue weighted by atomic mass is 10.1. The number of hydrogen-bond donors (Lipinski definition) is 2. The lowest BCUT2D eigenvalue weighted by molar-refractivity contribution is 0.0954. The van der Waals surface area contributed by atoms with Crippen LogP contribution in [0.2, 0.25) is 0 Å². The SMILES string of the molecule is CCC1CC1NC(=O)c1sc2cc(C)ccc2c1N. The van der Waals surface area contributed by atoms with Crippen LogP contribution in [0.4, 0.5) is 5.69 Å². The number of rotatable bonds is 3. The van der Waals surface area contributed by atoms with Crippen molar-refractivity contribution in [3.05, 3.63) is 28.6 Å². The standard InChI is InChI=1S/C15H18N2OS/c1-3-9-7-11(9)17-15(18)14-13(16)10-5-4-8(2)6-12(10)19-14/h4-6,9,11H,3,7,16H2,1-2H3,(H,17,18). The number of aryl methyl sites for hydroxylation is 1. The third-order valence-electron chi connectivity index (χ3n) is 3.85. The van der Waals surface area contributed by atoms with E-state index in [4.69, 9.17) is 5.73 Å². The first-order chi connectivity index (χ1) is 9.10. The first-order valence-electron chi connectivity index (χ1n) is 6.69. The molecule has 2 atom stereocenters. The molecule has 1 amide bonds. The van der Waals surface area contributed by atoms with Crippen molar-refractivity contribution in [1.29, 1.82) is 0 Å². The van der Waals surface area contributed by atoms with Crippen molar-refractivity contribution in [2.75, 3.05) is 5.73 Å². The van der Waals surface area contributed by atoms with E-state index in [-0.39, 0.29) is 5.91 Å². The molecule has 0 saturated heterocycles. The van der Waals surface area contributed by atoms with Crippen molar-refractivity contribution in [3.8, 4) is 0 Å². The third kappa shape index (κ3) is 2.21. The Bertz CT molecular complexity index is 647. The smallest absolute Gasteiger partial charge is 0.263 e. The van der Waals surface area contributed by atoms with E-state index in [1.807, 2.05) is 19.1 Å². The van der Waals surface area contributed by atoms with E-state index in [9.17, 15) is 4.79 Å². The van der Waals surface area contributed by atoms with Gasteiger partial charge in [-0.25, -0.2) is 0 Å².